The first-order chi connectivity index (χ1) is 8.54. The van der Waals surface area contributed by atoms with E-state index in [1.807, 2.05) is 30.0 Å². The van der Waals surface area contributed by atoms with Crippen molar-refractivity contribution in [2.45, 2.75) is 33.2 Å². The van der Waals surface area contributed by atoms with E-state index in [2.05, 4.69) is 13.8 Å². The van der Waals surface area contributed by atoms with Crippen molar-refractivity contribution in [1.82, 2.24) is 4.90 Å². The number of benzene rings is 1. The van der Waals surface area contributed by atoms with Gasteiger partial charge in [0.2, 0.25) is 0 Å². The van der Waals surface area contributed by atoms with Crippen molar-refractivity contribution < 1.29 is 4.79 Å². The molecule has 0 bridgehead atoms. The number of hydrogen-bond acceptors (Lipinski definition) is 1. The molecule has 0 radical (unpaired) electrons. The molecule has 0 saturated carbocycles. The van der Waals surface area contributed by atoms with Gasteiger partial charge in [0.15, 0.2) is 0 Å². The number of likely N-dealkylation sites (tertiary alicyclic amines) is 1. The van der Waals surface area contributed by atoms with E-state index in [0.29, 0.717) is 11.8 Å². The highest BCUT2D eigenvalue weighted by molar-refractivity contribution is 6.18. The Bertz CT molecular complexity index is 458. The van der Waals surface area contributed by atoms with Crippen LogP contribution in [0, 0.1) is 19.8 Å². The fraction of sp³-hybridized carbons (Fsp3) is 0.533. The molecule has 98 valence electrons. The number of hydrogen-bond donors (Lipinski definition) is 0. The van der Waals surface area contributed by atoms with Crippen LogP contribution in [0.5, 0.6) is 0 Å². The zero-order valence-electron chi connectivity index (χ0n) is 11.2. The van der Waals surface area contributed by atoms with Crippen LogP contribution in [0.4, 0.5) is 0 Å². The Morgan fingerprint density at radius 1 is 1.39 bits per heavy atom. The lowest BCUT2D eigenvalue weighted by molar-refractivity contribution is 0.0737. The molecule has 3 heteroatoms. The van der Waals surface area contributed by atoms with Gasteiger partial charge in [-0.25, -0.2) is 0 Å². The van der Waals surface area contributed by atoms with E-state index in [9.17, 15) is 4.79 Å². The van der Waals surface area contributed by atoms with Crippen LogP contribution in [-0.4, -0.2) is 29.3 Å². The molecule has 0 aromatic heterocycles. The number of halogens is 1. The van der Waals surface area contributed by atoms with Gasteiger partial charge >= 0.3 is 0 Å². The van der Waals surface area contributed by atoms with Crippen LogP contribution >= 0.6 is 11.6 Å². The minimum atomic E-state index is 0.119. The number of nitrogens with zero attached hydrogens (tertiary/aromatic N) is 1. The quantitative estimate of drug-likeness (QED) is 0.751. The lowest BCUT2D eigenvalue weighted by Gasteiger charge is -2.25. The van der Waals surface area contributed by atoms with Gasteiger partial charge in [0.25, 0.3) is 5.91 Å². The van der Waals surface area contributed by atoms with E-state index >= 15 is 0 Å². The molecule has 2 atom stereocenters. The van der Waals surface area contributed by atoms with Crippen LogP contribution in [0.1, 0.15) is 34.8 Å². The average Bonchev–Trinajstić information content (AvgIpc) is 2.73. The maximum absolute atomic E-state index is 12.5. The summed E-state index contributed by atoms with van der Waals surface area (Å²) in [6, 6.07) is 6.09. The molecule has 1 saturated heterocycles. The Morgan fingerprint density at radius 2 is 2.11 bits per heavy atom. The molecule has 2 unspecified atom stereocenters. The van der Waals surface area contributed by atoms with Crippen molar-refractivity contribution in [3.8, 4) is 0 Å². The number of rotatable bonds is 2. The summed E-state index contributed by atoms with van der Waals surface area (Å²) in [6.07, 6.45) is 1.05. The average molecular weight is 266 g/mol. The summed E-state index contributed by atoms with van der Waals surface area (Å²) in [6.45, 7) is 7.09. The Morgan fingerprint density at radius 3 is 2.72 bits per heavy atom. The third kappa shape index (κ3) is 2.39. The molecule has 1 aliphatic heterocycles. The van der Waals surface area contributed by atoms with Crippen molar-refractivity contribution in [1.29, 1.82) is 0 Å². The van der Waals surface area contributed by atoms with Gasteiger partial charge in [-0.2, -0.15) is 0 Å². The van der Waals surface area contributed by atoms with E-state index in [4.69, 9.17) is 11.6 Å². The molecule has 1 aliphatic rings. The first-order valence-corrected chi connectivity index (χ1v) is 7.02. The standard InChI is InChI=1S/C15H20ClNO/c1-10-4-5-13(8-12(10)3)15(18)17-7-6-11(2)14(17)9-16/h4-5,8,11,14H,6-7,9H2,1-3H3. The second-order valence-electron chi connectivity index (χ2n) is 5.29. The maximum Gasteiger partial charge on any atom is 0.254 e. The van der Waals surface area contributed by atoms with Crippen LogP contribution in [0.15, 0.2) is 18.2 Å². The van der Waals surface area contributed by atoms with Crippen LogP contribution in [0.2, 0.25) is 0 Å². The van der Waals surface area contributed by atoms with E-state index in [1.54, 1.807) is 0 Å². The SMILES string of the molecule is Cc1ccc(C(=O)N2CCC(C)C2CCl)cc1C. The molecular formula is C15H20ClNO. The molecule has 2 nitrogen and oxygen atoms in total. The van der Waals surface area contributed by atoms with Crippen LogP contribution in [0.3, 0.4) is 0 Å². The molecule has 0 aliphatic carbocycles. The summed E-state index contributed by atoms with van der Waals surface area (Å²) in [4.78, 5) is 14.4. The molecule has 1 heterocycles. The number of alkyl halides is 1. The maximum atomic E-state index is 12.5. The van der Waals surface area contributed by atoms with E-state index in [1.165, 1.54) is 5.56 Å². The largest absolute Gasteiger partial charge is 0.334 e. The summed E-state index contributed by atoms with van der Waals surface area (Å²) in [5.74, 6) is 1.14. The lowest BCUT2D eigenvalue weighted by atomic mass is 10.0. The van der Waals surface area contributed by atoms with E-state index in [-0.39, 0.29) is 11.9 Å². The molecule has 0 N–H and O–H groups in total. The highest BCUT2D eigenvalue weighted by atomic mass is 35.5. The van der Waals surface area contributed by atoms with Gasteiger partial charge in [-0.05, 0) is 49.4 Å². The topological polar surface area (TPSA) is 20.3 Å². The molecular weight excluding hydrogens is 246 g/mol. The molecule has 2 rings (SSSR count). The highest BCUT2D eigenvalue weighted by Gasteiger charge is 2.34. The Hall–Kier alpha value is -1.02. The fourth-order valence-corrected chi connectivity index (χ4v) is 3.01. The van der Waals surface area contributed by atoms with Crippen molar-refractivity contribution in [2.75, 3.05) is 12.4 Å². The third-order valence-corrected chi connectivity index (χ3v) is 4.37. The van der Waals surface area contributed by atoms with Gasteiger partial charge in [0.05, 0.1) is 0 Å². The van der Waals surface area contributed by atoms with Crippen molar-refractivity contribution in [3.63, 3.8) is 0 Å². The zero-order valence-corrected chi connectivity index (χ0v) is 12.0. The Balaban J connectivity index is 2.23. The van der Waals surface area contributed by atoms with Gasteiger partial charge in [0.1, 0.15) is 0 Å². The molecule has 18 heavy (non-hydrogen) atoms. The minimum Gasteiger partial charge on any atom is -0.334 e. The van der Waals surface area contributed by atoms with Gasteiger partial charge in [-0.15, -0.1) is 11.6 Å². The Kier molecular flexibility index (Phi) is 3.96. The number of carbonyl (C=O) groups is 1. The van der Waals surface area contributed by atoms with Gasteiger partial charge < -0.3 is 4.90 Å². The smallest absolute Gasteiger partial charge is 0.254 e. The fourth-order valence-electron chi connectivity index (χ4n) is 2.54. The predicted molar refractivity (Wildman–Crippen MR) is 75.2 cm³/mol. The summed E-state index contributed by atoms with van der Waals surface area (Å²) >= 11 is 5.99. The number of aryl methyl sites for hydroxylation is 2. The highest BCUT2D eigenvalue weighted by Crippen LogP contribution is 2.26. The predicted octanol–water partition coefficient (Wildman–Crippen LogP) is 3.39. The van der Waals surface area contributed by atoms with Crippen LogP contribution in [-0.2, 0) is 0 Å². The van der Waals surface area contributed by atoms with Gasteiger partial charge in [0, 0.05) is 24.0 Å². The first kappa shape index (κ1) is 13.4. The third-order valence-electron chi connectivity index (χ3n) is 4.06. The first-order valence-electron chi connectivity index (χ1n) is 6.48. The van der Waals surface area contributed by atoms with Gasteiger partial charge in [-0.3, -0.25) is 4.79 Å². The normalized spacial score (nSPS) is 23.4. The van der Waals surface area contributed by atoms with Gasteiger partial charge in [-0.1, -0.05) is 13.0 Å². The molecule has 1 amide bonds. The molecule has 0 spiro atoms. The van der Waals surface area contributed by atoms with E-state index in [0.717, 1.165) is 24.1 Å². The van der Waals surface area contributed by atoms with Crippen molar-refractivity contribution in [2.24, 2.45) is 5.92 Å². The number of amides is 1. The summed E-state index contributed by atoms with van der Waals surface area (Å²) in [5, 5.41) is 0. The molecule has 1 aromatic carbocycles. The Labute approximate surface area is 114 Å². The van der Waals surface area contributed by atoms with Crippen LogP contribution in [0.25, 0.3) is 0 Å². The zero-order chi connectivity index (χ0) is 13.3. The second kappa shape index (κ2) is 5.31. The number of carbonyl (C=O) groups excluding carboxylic acids is 1. The van der Waals surface area contributed by atoms with Crippen molar-refractivity contribution >= 4 is 17.5 Å². The van der Waals surface area contributed by atoms with E-state index < -0.39 is 0 Å². The second-order valence-corrected chi connectivity index (χ2v) is 5.59. The summed E-state index contributed by atoms with van der Waals surface area (Å²) < 4.78 is 0. The molecule has 1 aromatic rings. The summed E-state index contributed by atoms with van der Waals surface area (Å²) in [7, 11) is 0. The van der Waals surface area contributed by atoms with Crippen LogP contribution < -0.4 is 0 Å². The summed E-state index contributed by atoms with van der Waals surface area (Å²) in [5.41, 5.74) is 3.16. The van der Waals surface area contributed by atoms with Crippen molar-refractivity contribution in [3.05, 3.63) is 34.9 Å². The molecule has 1 fully saturated rings. The minimum absolute atomic E-state index is 0.119. The lowest BCUT2D eigenvalue weighted by Crippen LogP contribution is -2.38. The monoisotopic (exact) mass is 265 g/mol.